The first-order chi connectivity index (χ1) is 12.8. The summed E-state index contributed by atoms with van der Waals surface area (Å²) < 4.78 is 24.7. The molecule has 1 aromatic heterocycles. The topological polar surface area (TPSA) is 124 Å². The van der Waals surface area contributed by atoms with Crippen LogP contribution in [0.4, 0.5) is 0 Å². The van der Waals surface area contributed by atoms with Crippen LogP contribution < -0.4 is 10.9 Å². The summed E-state index contributed by atoms with van der Waals surface area (Å²) in [6.45, 7) is 2.33. The van der Waals surface area contributed by atoms with Crippen molar-refractivity contribution in [2.45, 2.75) is 24.3 Å². The van der Waals surface area contributed by atoms with Gasteiger partial charge in [-0.05, 0) is 35.9 Å². The Morgan fingerprint density at radius 2 is 1.74 bits per heavy atom. The zero-order valence-corrected chi connectivity index (χ0v) is 15.7. The minimum absolute atomic E-state index is 0.0209. The maximum atomic E-state index is 11.5. The molecule has 0 saturated heterocycles. The lowest BCUT2D eigenvalue weighted by Crippen LogP contribution is -2.12. The van der Waals surface area contributed by atoms with Gasteiger partial charge in [0.15, 0.2) is 0 Å². The Morgan fingerprint density at radius 1 is 1.11 bits per heavy atom. The third-order valence-electron chi connectivity index (χ3n) is 4.40. The van der Waals surface area contributed by atoms with Crippen LogP contribution in [0.25, 0.3) is 16.9 Å². The summed E-state index contributed by atoms with van der Waals surface area (Å²) in [7, 11) is -3.76. The highest BCUT2D eigenvalue weighted by molar-refractivity contribution is 7.89. The predicted octanol–water partition coefficient (Wildman–Crippen LogP) is 1.74. The second-order valence-electron chi connectivity index (χ2n) is 6.39. The van der Waals surface area contributed by atoms with Gasteiger partial charge in [-0.15, -0.1) is 0 Å². The van der Waals surface area contributed by atoms with Gasteiger partial charge in [-0.3, -0.25) is 0 Å². The molecule has 8 heteroatoms. The summed E-state index contributed by atoms with van der Waals surface area (Å²) in [4.78, 5) is 0.0382. The summed E-state index contributed by atoms with van der Waals surface area (Å²) in [6.07, 6.45) is 0. The average Bonchev–Trinajstić information content (AvgIpc) is 3.12. The highest BCUT2D eigenvalue weighted by Gasteiger charge is 2.16. The molecule has 3 rings (SSSR count). The Hall–Kier alpha value is -2.52. The van der Waals surface area contributed by atoms with Gasteiger partial charge in [0.25, 0.3) is 0 Å². The molecule has 1 heterocycles. The van der Waals surface area contributed by atoms with Crippen molar-refractivity contribution in [1.29, 1.82) is 0 Å². The first kappa shape index (κ1) is 19.2. The Kier molecular flexibility index (Phi) is 5.43. The normalized spacial score (nSPS) is 12.9. The standard InChI is InChI=1S/C19H22N4O3S/c1-13(12-24)18-10-19(15-4-2-14(11-20)3-5-15)23(22-18)16-6-8-17(9-7-16)27(21,25)26/h2-10,13,24H,11-12,20H2,1H3,(H2,21,25,26). The van der Waals surface area contributed by atoms with Gasteiger partial charge in [-0.2, -0.15) is 5.10 Å². The first-order valence-corrected chi connectivity index (χ1v) is 10.0. The van der Waals surface area contributed by atoms with Crippen LogP contribution in [0.2, 0.25) is 0 Å². The van der Waals surface area contributed by atoms with E-state index < -0.39 is 10.0 Å². The molecule has 3 aromatic rings. The van der Waals surface area contributed by atoms with Crippen LogP contribution in [0.5, 0.6) is 0 Å². The Balaban J connectivity index is 2.11. The molecule has 7 nitrogen and oxygen atoms in total. The monoisotopic (exact) mass is 386 g/mol. The molecule has 0 spiro atoms. The van der Waals surface area contributed by atoms with Crippen molar-refractivity contribution >= 4 is 10.0 Å². The van der Waals surface area contributed by atoms with Gasteiger partial charge in [0.05, 0.1) is 28.6 Å². The van der Waals surface area contributed by atoms with E-state index in [9.17, 15) is 13.5 Å². The van der Waals surface area contributed by atoms with Gasteiger partial charge in [-0.25, -0.2) is 18.2 Å². The summed E-state index contributed by atoms with van der Waals surface area (Å²) >= 11 is 0. The van der Waals surface area contributed by atoms with Gasteiger partial charge in [0, 0.05) is 18.0 Å². The molecule has 2 aromatic carbocycles. The molecule has 0 saturated carbocycles. The van der Waals surface area contributed by atoms with Crippen molar-refractivity contribution in [3.05, 3.63) is 65.9 Å². The van der Waals surface area contributed by atoms with Crippen molar-refractivity contribution in [1.82, 2.24) is 9.78 Å². The third kappa shape index (κ3) is 4.09. The summed E-state index contributed by atoms with van der Waals surface area (Å²) in [5.74, 6) is -0.128. The molecule has 0 aliphatic heterocycles. The molecule has 27 heavy (non-hydrogen) atoms. The fourth-order valence-electron chi connectivity index (χ4n) is 2.72. The molecule has 0 bridgehead atoms. The van der Waals surface area contributed by atoms with Crippen LogP contribution in [-0.2, 0) is 16.6 Å². The van der Waals surface area contributed by atoms with E-state index in [1.807, 2.05) is 37.3 Å². The Labute approximate surface area is 158 Å². The van der Waals surface area contributed by atoms with E-state index >= 15 is 0 Å². The van der Waals surface area contributed by atoms with Crippen LogP contribution in [0, 0.1) is 0 Å². The lowest BCUT2D eigenvalue weighted by Gasteiger charge is -2.09. The van der Waals surface area contributed by atoms with Crippen LogP contribution >= 0.6 is 0 Å². The number of hydrogen-bond acceptors (Lipinski definition) is 5. The lowest BCUT2D eigenvalue weighted by molar-refractivity contribution is 0.270. The van der Waals surface area contributed by atoms with Gasteiger partial charge >= 0.3 is 0 Å². The maximum absolute atomic E-state index is 11.5. The number of primary sulfonamides is 1. The number of aliphatic hydroxyl groups excluding tert-OH is 1. The van der Waals surface area contributed by atoms with Crippen molar-refractivity contribution in [2.75, 3.05) is 6.61 Å². The Bertz CT molecular complexity index is 1030. The highest BCUT2D eigenvalue weighted by atomic mass is 32.2. The SMILES string of the molecule is CC(CO)c1cc(-c2ccc(CN)cc2)n(-c2ccc(S(N)(=O)=O)cc2)n1. The van der Waals surface area contributed by atoms with E-state index in [2.05, 4.69) is 5.10 Å². The fourth-order valence-corrected chi connectivity index (χ4v) is 3.24. The number of aromatic nitrogens is 2. The number of nitrogens with two attached hydrogens (primary N) is 2. The molecular formula is C19H22N4O3S. The molecular weight excluding hydrogens is 364 g/mol. The maximum Gasteiger partial charge on any atom is 0.238 e. The molecule has 1 atom stereocenters. The van der Waals surface area contributed by atoms with Gasteiger partial charge < -0.3 is 10.8 Å². The van der Waals surface area contributed by atoms with Crippen LogP contribution in [0.3, 0.4) is 0 Å². The Morgan fingerprint density at radius 3 is 2.26 bits per heavy atom. The molecule has 0 amide bonds. The largest absolute Gasteiger partial charge is 0.396 e. The minimum atomic E-state index is -3.76. The van der Waals surface area contributed by atoms with Crippen molar-refractivity contribution < 1.29 is 13.5 Å². The van der Waals surface area contributed by atoms with E-state index in [-0.39, 0.29) is 17.4 Å². The number of benzene rings is 2. The summed E-state index contributed by atoms with van der Waals surface area (Å²) in [5.41, 5.74) is 9.89. The molecule has 0 fully saturated rings. The summed E-state index contributed by atoms with van der Waals surface area (Å²) in [6, 6.07) is 15.9. The zero-order chi connectivity index (χ0) is 19.6. The van der Waals surface area contributed by atoms with Gasteiger partial charge in [0.2, 0.25) is 10.0 Å². The molecule has 0 radical (unpaired) electrons. The molecule has 1 unspecified atom stereocenters. The predicted molar refractivity (Wildman–Crippen MR) is 104 cm³/mol. The van der Waals surface area contributed by atoms with Crippen molar-refractivity contribution in [3.8, 4) is 16.9 Å². The van der Waals surface area contributed by atoms with Crippen LogP contribution in [0.15, 0.2) is 59.5 Å². The zero-order valence-electron chi connectivity index (χ0n) is 14.9. The van der Waals surface area contributed by atoms with Gasteiger partial charge in [-0.1, -0.05) is 31.2 Å². The fraction of sp³-hybridized carbons (Fsp3) is 0.211. The molecule has 5 N–H and O–H groups in total. The van der Waals surface area contributed by atoms with Crippen molar-refractivity contribution in [2.24, 2.45) is 10.9 Å². The number of nitrogens with zero attached hydrogens (tertiary/aromatic N) is 2. The van der Waals surface area contributed by atoms with E-state index in [0.717, 1.165) is 22.5 Å². The number of aliphatic hydroxyl groups is 1. The van der Waals surface area contributed by atoms with Crippen LogP contribution in [-0.4, -0.2) is 29.9 Å². The third-order valence-corrected chi connectivity index (χ3v) is 5.33. The van der Waals surface area contributed by atoms with E-state index in [4.69, 9.17) is 10.9 Å². The highest BCUT2D eigenvalue weighted by Crippen LogP contribution is 2.27. The number of rotatable bonds is 6. The lowest BCUT2D eigenvalue weighted by atomic mass is 10.1. The molecule has 142 valence electrons. The van der Waals surface area contributed by atoms with E-state index in [1.54, 1.807) is 16.8 Å². The minimum Gasteiger partial charge on any atom is -0.396 e. The number of sulfonamides is 1. The van der Waals surface area contributed by atoms with E-state index in [1.165, 1.54) is 12.1 Å². The first-order valence-electron chi connectivity index (χ1n) is 8.47. The van der Waals surface area contributed by atoms with Gasteiger partial charge in [0.1, 0.15) is 0 Å². The second-order valence-corrected chi connectivity index (χ2v) is 7.95. The number of hydrogen-bond donors (Lipinski definition) is 3. The molecule has 0 aliphatic carbocycles. The van der Waals surface area contributed by atoms with E-state index in [0.29, 0.717) is 12.2 Å². The summed E-state index contributed by atoms with van der Waals surface area (Å²) in [5, 5.41) is 19.3. The average molecular weight is 386 g/mol. The quantitative estimate of drug-likeness (QED) is 0.595. The van der Waals surface area contributed by atoms with Crippen molar-refractivity contribution in [3.63, 3.8) is 0 Å². The second kappa shape index (κ2) is 7.61. The van der Waals surface area contributed by atoms with Crippen LogP contribution in [0.1, 0.15) is 24.1 Å². The molecule has 0 aliphatic rings. The smallest absolute Gasteiger partial charge is 0.238 e.